The first kappa shape index (κ1) is 14.6. The van der Waals surface area contributed by atoms with Gasteiger partial charge in [0.05, 0.1) is 4.88 Å². The molecule has 0 radical (unpaired) electrons. The van der Waals surface area contributed by atoms with Crippen LogP contribution in [0.25, 0.3) is 28.3 Å². The van der Waals surface area contributed by atoms with Gasteiger partial charge in [0.25, 0.3) is 0 Å². The molecule has 0 bridgehead atoms. The Morgan fingerprint density at radius 1 is 0.958 bits per heavy atom. The Morgan fingerprint density at radius 3 is 2.54 bits per heavy atom. The van der Waals surface area contributed by atoms with E-state index in [1.807, 2.05) is 60.7 Å². The molecule has 24 heavy (non-hydrogen) atoms. The highest BCUT2D eigenvalue weighted by molar-refractivity contribution is 7.16. The molecule has 4 rings (SSSR count). The first-order chi connectivity index (χ1) is 11.7. The Morgan fingerprint density at radius 2 is 1.71 bits per heavy atom. The number of allylic oxidation sites excluding steroid dienone is 2. The lowest BCUT2D eigenvalue weighted by molar-refractivity contribution is -0.109. The number of aromatic hydroxyl groups is 1. The number of aromatic nitrogens is 1. The molecule has 0 amide bonds. The zero-order valence-corrected chi connectivity index (χ0v) is 13.5. The topological polar surface area (TPSA) is 50.2 Å². The van der Waals surface area contributed by atoms with Gasteiger partial charge < -0.3 is 5.11 Å². The van der Waals surface area contributed by atoms with Crippen molar-refractivity contribution in [3.05, 3.63) is 76.7 Å². The van der Waals surface area contributed by atoms with Crippen molar-refractivity contribution in [3.8, 4) is 16.5 Å². The number of hydrogen-bond acceptors (Lipinski definition) is 4. The number of nitrogens with zero attached hydrogens (tertiary/aromatic N) is 1. The fourth-order valence-corrected chi connectivity index (χ4v) is 3.59. The van der Waals surface area contributed by atoms with E-state index in [0.717, 1.165) is 21.7 Å². The van der Waals surface area contributed by atoms with Gasteiger partial charge in [-0.15, -0.1) is 11.3 Å². The van der Waals surface area contributed by atoms with Crippen LogP contribution in [0.4, 0.5) is 0 Å². The predicted molar refractivity (Wildman–Crippen MR) is 97.6 cm³/mol. The summed E-state index contributed by atoms with van der Waals surface area (Å²) in [7, 11) is 0. The first-order valence-corrected chi connectivity index (χ1v) is 8.33. The Hall–Kier alpha value is -2.98. The van der Waals surface area contributed by atoms with Crippen molar-refractivity contribution >= 4 is 34.8 Å². The molecule has 1 heterocycles. The van der Waals surface area contributed by atoms with E-state index < -0.39 is 0 Å². The van der Waals surface area contributed by atoms with Gasteiger partial charge in [0, 0.05) is 11.1 Å². The highest BCUT2D eigenvalue weighted by atomic mass is 32.1. The van der Waals surface area contributed by atoms with Crippen LogP contribution in [0.15, 0.2) is 60.7 Å². The second-order valence-electron chi connectivity index (χ2n) is 5.42. The van der Waals surface area contributed by atoms with Crippen LogP contribution < -0.4 is 0 Å². The second-order valence-corrected chi connectivity index (χ2v) is 6.45. The number of benzene rings is 2. The molecule has 4 heteroatoms. The Bertz CT molecular complexity index is 984. The first-order valence-electron chi connectivity index (χ1n) is 7.51. The SMILES string of the molecule is O=C1C=Cc2ccccc2/C1=C/c1sc(-c2ccccc2)nc1O. The molecule has 0 atom stereocenters. The summed E-state index contributed by atoms with van der Waals surface area (Å²) in [4.78, 5) is 17.1. The Balaban J connectivity index is 1.80. The van der Waals surface area contributed by atoms with Gasteiger partial charge in [-0.3, -0.25) is 4.79 Å². The summed E-state index contributed by atoms with van der Waals surface area (Å²) < 4.78 is 0. The minimum Gasteiger partial charge on any atom is -0.492 e. The molecule has 0 spiro atoms. The maximum atomic E-state index is 12.3. The van der Waals surface area contributed by atoms with Crippen LogP contribution in [0.2, 0.25) is 0 Å². The van der Waals surface area contributed by atoms with Crippen molar-refractivity contribution in [1.29, 1.82) is 0 Å². The number of fused-ring (bicyclic) bond motifs is 1. The number of ketones is 1. The van der Waals surface area contributed by atoms with Gasteiger partial charge in [-0.2, -0.15) is 0 Å². The fraction of sp³-hybridized carbons (Fsp3) is 0. The average molecular weight is 331 g/mol. The normalized spacial score (nSPS) is 14.8. The summed E-state index contributed by atoms with van der Waals surface area (Å²) in [5.74, 6) is -0.117. The third kappa shape index (κ3) is 2.57. The number of rotatable bonds is 2. The molecule has 0 aliphatic heterocycles. The van der Waals surface area contributed by atoms with Crippen LogP contribution in [0.5, 0.6) is 5.88 Å². The number of carbonyl (C=O) groups excluding carboxylic acids is 1. The molecule has 0 saturated heterocycles. The predicted octanol–water partition coefficient (Wildman–Crippen LogP) is 4.65. The molecule has 2 aromatic carbocycles. The molecule has 116 valence electrons. The lowest BCUT2D eigenvalue weighted by atomic mass is 9.91. The lowest BCUT2D eigenvalue weighted by Gasteiger charge is -2.12. The quantitative estimate of drug-likeness (QED) is 0.695. The molecule has 1 aromatic heterocycles. The minimum atomic E-state index is -0.0669. The summed E-state index contributed by atoms with van der Waals surface area (Å²) in [5, 5.41) is 10.9. The van der Waals surface area contributed by atoms with Gasteiger partial charge in [0.15, 0.2) is 5.78 Å². The molecule has 0 saturated carbocycles. The maximum absolute atomic E-state index is 12.3. The van der Waals surface area contributed by atoms with Crippen LogP contribution in [0.3, 0.4) is 0 Å². The molecule has 3 aromatic rings. The third-order valence-electron chi connectivity index (χ3n) is 3.86. The molecule has 0 unspecified atom stereocenters. The lowest BCUT2D eigenvalue weighted by Crippen LogP contribution is -2.04. The molecular formula is C20H13NO2S. The smallest absolute Gasteiger partial charge is 0.230 e. The summed E-state index contributed by atoms with van der Waals surface area (Å²) >= 11 is 1.37. The van der Waals surface area contributed by atoms with Crippen molar-refractivity contribution in [3.63, 3.8) is 0 Å². The zero-order valence-electron chi connectivity index (χ0n) is 12.6. The molecule has 1 aliphatic rings. The van der Waals surface area contributed by atoms with Gasteiger partial charge in [-0.1, -0.05) is 60.7 Å². The summed E-state index contributed by atoms with van der Waals surface area (Å²) in [6.45, 7) is 0. The number of hydrogen-bond donors (Lipinski definition) is 1. The molecule has 0 fully saturated rings. The summed E-state index contributed by atoms with van der Waals surface area (Å²) in [6, 6.07) is 17.4. The maximum Gasteiger partial charge on any atom is 0.230 e. The van der Waals surface area contributed by atoms with Crippen molar-refractivity contribution in [2.24, 2.45) is 0 Å². The van der Waals surface area contributed by atoms with Gasteiger partial charge >= 0.3 is 0 Å². The molecule has 1 N–H and O–H groups in total. The Kier molecular flexibility index (Phi) is 3.59. The van der Waals surface area contributed by atoms with Crippen molar-refractivity contribution < 1.29 is 9.90 Å². The van der Waals surface area contributed by atoms with Gasteiger partial charge in [0.1, 0.15) is 5.01 Å². The number of carbonyl (C=O) groups is 1. The number of thiazole rings is 1. The van der Waals surface area contributed by atoms with Crippen LogP contribution in [0, 0.1) is 0 Å². The van der Waals surface area contributed by atoms with Gasteiger partial charge in [-0.05, 0) is 23.3 Å². The van der Waals surface area contributed by atoms with Crippen LogP contribution in [0.1, 0.15) is 16.0 Å². The Labute approximate surface area is 143 Å². The van der Waals surface area contributed by atoms with E-state index >= 15 is 0 Å². The third-order valence-corrected chi connectivity index (χ3v) is 4.90. The van der Waals surface area contributed by atoms with Crippen LogP contribution in [-0.4, -0.2) is 15.9 Å². The molecule has 1 aliphatic carbocycles. The van der Waals surface area contributed by atoms with E-state index in [1.165, 1.54) is 11.3 Å². The molecular weight excluding hydrogens is 318 g/mol. The van der Waals surface area contributed by atoms with E-state index in [9.17, 15) is 9.90 Å². The van der Waals surface area contributed by atoms with E-state index in [1.54, 1.807) is 12.2 Å². The fourth-order valence-electron chi connectivity index (χ4n) is 2.68. The minimum absolute atomic E-state index is 0.0498. The van der Waals surface area contributed by atoms with E-state index in [4.69, 9.17) is 0 Å². The summed E-state index contributed by atoms with van der Waals surface area (Å²) in [5.41, 5.74) is 3.39. The van der Waals surface area contributed by atoms with Crippen LogP contribution >= 0.6 is 11.3 Å². The van der Waals surface area contributed by atoms with Crippen LogP contribution in [-0.2, 0) is 4.79 Å². The highest BCUT2D eigenvalue weighted by Crippen LogP contribution is 2.36. The largest absolute Gasteiger partial charge is 0.492 e. The monoisotopic (exact) mass is 331 g/mol. The van der Waals surface area contributed by atoms with Gasteiger partial charge in [-0.25, -0.2) is 4.98 Å². The zero-order chi connectivity index (χ0) is 16.5. The van der Waals surface area contributed by atoms with E-state index in [2.05, 4.69) is 4.98 Å². The molecule has 3 nitrogen and oxygen atoms in total. The standard InChI is InChI=1S/C20H13NO2S/c22-17-11-10-13-6-4-5-9-15(13)16(17)12-18-19(23)21-20(24-18)14-7-2-1-3-8-14/h1-12,23H/b16-12-. The van der Waals surface area contributed by atoms with Crippen molar-refractivity contribution in [2.45, 2.75) is 0 Å². The van der Waals surface area contributed by atoms with E-state index in [0.29, 0.717) is 10.5 Å². The van der Waals surface area contributed by atoms with Gasteiger partial charge in [0.2, 0.25) is 5.88 Å². The van der Waals surface area contributed by atoms with Crippen molar-refractivity contribution in [2.75, 3.05) is 0 Å². The van der Waals surface area contributed by atoms with Crippen molar-refractivity contribution in [1.82, 2.24) is 4.98 Å². The second kappa shape index (κ2) is 5.91. The van der Waals surface area contributed by atoms with E-state index in [-0.39, 0.29) is 11.7 Å². The highest BCUT2D eigenvalue weighted by Gasteiger charge is 2.19. The summed E-state index contributed by atoms with van der Waals surface area (Å²) in [6.07, 6.45) is 5.10. The average Bonchev–Trinajstić information content (AvgIpc) is 2.99.